The fraction of sp³-hybridized carbons (Fsp3) is 0.500. The molecule has 0 atom stereocenters. The molecule has 1 heterocycles. The molecule has 1 N–H and O–H groups in total. The molecule has 1 aliphatic carbocycles. The molecule has 0 unspecified atom stereocenters. The zero-order chi connectivity index (χ0) is 12.1. The first kappa shape index (κ1) is 12.6. The van der Waals surface area contributed by atoms with Gasteiger partial charge in [-0.15, -0.1) is 0 Å². The zero-order valence-corrected chi connectivity index (χ0v) is 10.2. The van der Waals surface area contributed by atoms with Crippen LogP contribution >= 0.6 is 11.8 Å². The normalized spacial score (nSPS) is 16.2. The Balaban J connectivity index is 1.73. The van der Waals surface area contributed by atoms with Gasteiger partial charge in [0.05, 0.1) is 12.3 Å². The first-order chi connectivity index (χ1) is 8.24. The van der Waals surface area contributed by atoms with Crippen molar-refractivity contribution in [3.8, 4) is 0 Å². The zero-order valence-electron chi connectivity index (χ0n) is 9.36. The first-order valence-corrected chi connectivity index (χ1v) is 6.64. The molecule has 0 saturated carbocycles. The van der Waals surface area contributed by atoms with E-state index in [1.54, 1.807) is 6.07 Å². The summed E-state index contributed by atoms with van der Waals surface area (Å²) in [6, 6.07) is 4.09. The fourth-order valence-corrected chi connectivity index (χ4v) is 2.21. The van der Waals surface area contributed by atoms with E-state index in [2.05, 4.69) is 17.5 Å². The Kier molecular flexibility index (Phi) is 4.62. The van der Waals surface area contributed by atoms with E-state index in [1.165, 1.54) is 0 Å². The van der Waals surface area contributed by atoms with Crippen molar-refractivity contribution >= 4 is 11.8 Å². The molecule has 2 rings (SSSR count). The van der Waals surface area contributed by atoms with E-state index in [0.29, 0.717) is 30.1 Å². The number of hydrogen-bond donors (Lipinski definition) is 1. The summed E-state index contributed by atoms with van der Waals surface area (Å²) in [5.74, 6) is -0.701. The summed E-state index contributed by atoms with van der Waals surface area (Å²) < 4.78 is 29.4. The van der Waals surface area contributed by atoms with Gasteiger partial charge < -0.3 is 9.73 Å². The van der Waals surface area contributed by atoms with Gasteiger partial charge in [-0.05, 0) is 25.0 Å². The molecule has 2 nitrogen and oxygen atoms in total. The Morgan fingerprint density at radius 1 is 1.29 bits per heavy atom. The van der Waals surface area contributed by atoms with E-state index < -0.39 is 5.76 Å². The second kappa shape index (κ2) is 6.21. The van der Waals surface area contributed by atoms with Crippen molar-refractivity contribution in [2.24, 2.45) is 0 Å². The van der Waals surface area contributed by atoms with Crippen molar-refractivity contribution in [1.82, 2.24) is 5.32 Å². The van der Waals surface area contributed by atoms with Crippen LogP contribution in [0.2, 0.25) is 0 Å². The molecule has 0 aliphatic heterocycles. The molecule has 0 fully saturated rings. The number of hydrogen-bond acceptors (Lipinski definition) is 3. The molecule has 17 heavy (non-hydrogen) atoms. The molecule has 1 aromatic heterocycles. The number of thioether (sulfide) groups is 1. The van der Waals surface area contributed by atoms with Crippen LogP contribution in [0.15, 0.2) is 28.7 Å². The van der Waals surface area contributed by atoms with Crippen molar-refractivity contribution in [1.29, 1.82) is 0 Å². The Bertz CT molecular complexity index is 370. The smallest absolute Gasteiger partial charge is 0.284 e. The quantitative estimate of drug-likeness (QED) is 0.791. The monoisotopic (exact) mass is 259 g/mol. The van der Waals surface area contributed by atoms with Gasteiger partial charge in [-0.3, -0.25) is 0 Å². The predicted octanol–water partition coefficient (Wildman–Crippen LogP) is 3.54. The average molecular weight is 259 g/mol. The lowest BCUT2D eigenvalue weighted by Crippen LogP contribution is -2.25. The molecule has 1 aliphatic rings. The summed E-state index contributed by atoms with van der Waals surface area (Å²) in [5, 5.41) is 3.36. The Morgan fingerprint density at radius 2 is 2.00 bits per heavy atom. The molecule has 0 spiro atoms. The van der Waals surface area contributed by atoms with Gasteiger partial charge in [-0.25, -0.2) is 0 Å². The van der Waals surface area contributed by atoms with Crippen molar-refractivity contribution in [3.63, 3.8) is 0 Å². The van der Waals surface area contributed by atoms with E-state index >= 15 is 0 Å². The maximum absolute atomic E-state index is 12.0. The van der Waals surface area contributed by atoms with Crippen LogP contribution in [0.4, 0.5) is 8.78 Å². The van der Waals surface area contributed by atoms with Crippen molar-refractivity contribution in [2.45, 2.75) is 36.9 Å². The number of furan rings is 1. The molecule has 5 heteroatoms. The molecule has 94 valence electrons. The summed E-state index contributed by atoms with van der Waals surface area (Å²) in [7, 11) is 0. The van der Waals surface area contributed by atoms with Gasteiger partial charge in [-0.1, -0.05) is 23.9 Å². The summed E-state index contributed by atoms with van der Waals surface area (Å²) in [6.45, 7) is 0.658. The molecule has 0 aromatic carbocycles. The minimum atomic E-state index is -2.34. The van der Waals surface area contributed by atoms with Crippen LogP contribution in [-0.2, 0) is 12.3 Å². The van der Waals surface area contributed by atoms with Gasteiger partial charge in [0.1, 0.15) is 11.5 Å². The van der Waals surface area contributed by atoms with Gasteiger partial charge in [0.15, 0.2) is 0 Å². The van der Waals surface area contributed by atoms with Crippen LogP contribution in [0.5, 0.6) is 0 Å². The Morgan fingerprint density at radius 3 is 2.71 bits per heavy atom. The van der Waals surface area contributed by atoms with Gasteiger partial charge in [0.25, 0.3) is 5.76 Å². The molecule has 1 aromatic rings. The van der Waals surface area contributed by atoms with Crippen LogP contribution in [-0.4, -0.2) is 11.8 Å². The molecule has 0 radical (unpaired) electrons. The summed E-state index contributed by atoms with van der Waals surface area (Å²) in [6.07, 6.45) is 6.42. The first-order valence-electron chi connectivity index (χ1n) is 5.60. The largest absolute Gasteiger partial charge is 0.464 e. The van der Waals surface area contributed by atoms with E-state index in [1.807, 2.05) is 6.07 Å². The number of halogens is 2. The average Bonchev–Trinajstić information content (AvgIpc) is 2.95. The Hall–Kier alpha value is -0.810. The van der Waals surface area contributed by atoms with Crippen molar-refractivity contribution < 1.29 is 13.2 Å². The lowest BCUT2D eigenvalue weighted by Gasteiger charge is -2.09. The summed E-state index contributed by atoms with van der Waals surface area (Å²) >= 11 is 0.584. The van der Waals surface area contributed by atoms with Crippen LogP contribution in [0.3, 0.4) is 0 Å². The predicted molar refractivity (Wildman–Crippen MR) is 65.0 cm³/mol. The lowest BCUT2D eigenvalue weighted by molar-refractivity contribution is 0.251. The molecular weight excluding hydrogens is 244 g/mol. The molecule has 0 saturated heterocycles. The highest BCUT2D eigenvalue weighted by Gasteiger charge is 2.11. The highest BCUT2D eigenvalue weighted by molar-refractivity contribution is 7.98. The second-order valence-electron chi connectivity index (χ2n) is 3.96. The fourth-order valence-electron chi connectivity index (χ4n) is 1.77. The van der Waals surface area contributed by atoms with Gasteiger partial charge in [-0.2, -0.15) is 8.78 Å². The van der Waals surface area contributed by atoms with E-state index in [4.69, 9.17) is 4.42 Å². The van der Waals surface area contributed by atoms with E-state index in [-0.39, 0.29) is 5.75 Å². The highest BCUT2D eigenvalue weighted by Crippen LogP contribution is 2.21. The number of alkyl halides is 2. The topological polar surface area (TPSA) is 25.2 Å². The number of nitrogens with one attached hydrogen (secondary N) is 1. The summed E-state index contributed by atoms with van der Waals surface area (Å²) in [5.41, 5.74) is 0. The van der Waals surface area contributed by atoms with Crippen LogP contribution in [0.25, 0.3) is 0 Å². The van der Waals surface area contributed by atoms with Gasteiger partial charge in [0.2, 0.25) is 0 Å². The van der Waals surface area contributed by atoms with Crippen LogP contribution in [0, 0.1) is 0 Å². The third-order valence-electron chi connectivity index (χ3n) is 2.64. The Labute approximate surface area is 103 Å². The standard InChI is InChI=1S/C12H15F2NOS/c13-12(14)17-8-11-6-5-10(16-11)7-15-9-3-1-2-4-9/h1-2,5-6,9,12,15H,3-4,7-8H2. The van der Waals surface area contributed by atoms with Crippen molar-refractivity contribution in [3.05, 3.63) is 35.8 Å². The van der Waals surface area contributed by atoms with Crippen LogP contribution in [0.1, 0.15) is 24.4 Å². The maximum atomic E-state index is 12.0. The van der Waals surface area contributed by atoms with Gasteiger partial charge >= 0.3 is 0 Å². The highest BCUT2D eigenvalue weighted by atomic mass is 32.2. The molecular formula is C12H15F2NOS. The SMILES string of the molecule is FC(F)SCc1ccc(CNC2CC=CC2)o1. The minimum Gasteiger partial charge on any atom is -0.464 e. The molecule has 0 amide bonds. The van der Waals surface area contributed by atoms with E-state index in [0.717, 1.165) is 18.6 Å². The minimum absolute atomic E-state index is 0.225. The molecule has 0 bridgehead atoms. The maximum Gasteiger partial charge on any atom is 0.284 e. The second-order valence-corrected chi connectivity index (χ2v) is 4.94. The summed E-state index contributed by atoms with van der Waals surface area (Å²) in [4.78, 5) is 0. The number of rotatable bonds is 6. The van der Waals surface area contributed by atoms with Crippen molar-refractivity contribution in [2.75, 3.05) is 0 Å². The lowest BCUT2D eigenvalue weighted by atomic mass is 10.2. The third-order valence-corrected chi connectivity index (χ3v) is 3.34. The van der Waals surface area contributed by atoms with E-state index in [9.17, 15) is 8.78 Å². The van der Waals surface area contributed by atoms with Gasteiger partial charge in [0, 0.05) is 6.04 Å². The third kappa shape index (κ3) is 4.16. The van der Waals surface area contributed by atoms with Crippen LogP contribution < -0.4 is 5.32 Å².